The van der Waals surface area contributed by atoms with E-state index in [0.29, 0.717) is 41.5 Å². The second-order valence-electron chi connectivity index (χ2n) is 10.1. The zero-order chi connectivity index (χ0) is 31.3. The number of carbonyl (C=O) groups is 1. The topological polar surface area (TPSA) is 156 Å². The number of nitrogens with two attached hydrogens (primary N) is 1. The molecule has 43 heavy (non-hydrogen) atoms. The third kappa shape index (κ3) is 6.49. The van der Waals surface area contributed by atoms with Crippen molar-refractivity contribution in [2.75, 3.05) is 0 Å². The summed E-state index contributed by atoms with van der Waals surface area (Å²) in [5, 5.41) is 20.2. The summed E-state index contributed by atoms with van der Waals surface area (Å²) < 4.78 is 43.7. The van der Waals surface area contributed by atoms with Gasteiger partial charge in [-0.2, -0.15) is 10.2 Å². The third-order valence-electron chi connectivity index (χ3n) is 7.14. The molecule has 0 aliphatic carbocycles. The van der Waals surface area contributed by atoms with Crippen molar-refractivity contribution >= 4 is 15.7 Å². The van der Waals surface area contributed by atoms with Crippen LogP contribution >= 0.6 is 0 Å². The van der Waals surface area contributed by atoms with Crippen LogP contribution < -0.4 is 11.3 Å². The monoisotopic (exact) mass is 602 g/mol. The van der Waals surface area contributed by atoms with Crippen LogP contribution in [0.4, 0.5) is 4.39 Å². The number of hydrogen-bond acceptors (Lipinski definition) is 7. The molecule has 0 unspecified atom stereocenters. The van der Waals surface area contributed by atoms with Crippen molar-refractivity contribution in [1.82, 2.24) is 9.55 Å². The predicted molar refractivity (Wildman–Crippen MR) is 159 cm³/mol. The number of primary amides is 1. The average Bonchev–Trinajstić information content (AvgIpc) is 2.97. The molecule has 11 heteroatoms. The highest BCUT2D eigenvalue weighted by molar-refractivity contribution is 7.91. The van der Waals surface area contributed by atoms with Crippen molar-refractivity contribution in [3.8, 4) is 23.1 Å². The lowest BCUT2D eigenvalue weighted by molar-refractivity contribution is -0.117. The lowest BCUT2D eigenvalue weighted by Crippen LogP contribution is -2.33. The number of amides is 1. The highest BCUT2D eigenvalue weighted by atomic mass is 32.2. The van der Waals surface area contributed by atoms with Crippen LogP contribution in [0.3, 0.4) is 0 Å². The van der Waals surface area contributed by atoms with Gasteiger partial charge in [0.2, 0.25) is 21.6 Å². The maximum atomic E-state index is 14.8. The Morgan fingerprint density at radius 1 is 1.12 bits per heavy atom. The Bertz CT molecular complexity index is 1880. The van der Waals surface area contributed by atoms with Crippen molar-refractivity contribution in [3.05, 3.63) is 105 Å². The van der Waals surface area contributed by atoms with Crippen LogP contribution in [0.2, 0.25) is 0 Å². The minimum atomic E-state index is -4.57. The molecule has 3 N–H and O–H groups in total. The molecule has 0 fully saturated rings. The van der Waals surface area contributed by atoms with Crippen LogP contribution in [0.15, 0.2) is 81.3 Å². The van der Waals surface area contributed by atoms with Gasteiger partial charge in [0.15, 0.2) is 4.90 Å². The van der Waals surface area contributed by atoms with E-state index in [1.807, 2.05) is 13.8 Å². The molecule has 222 valence electrons. The first-order chi connectivity index (χ1) is 20.5. The Balaban J connectivity index is 1.81. The molecule has 0 spiro atoms. The first-order valence-electron chi connectivity index (χ1n) is 13.8. The molecule has 1 atom stereocenters. The lowest BCUT2D eigenvalue weighted by Gasteiger charge is -2.23. The number of benzene rings is 3. The largest absolute Gasteiger partial charge is 0.492 e. The van der Waals surface area contributed by atoms with Crippen LogP contribution in [0.5, 0.6) is 5.88 Å². The molecular weight excluding hydrogens is 571 g/mol. The normalized spacial score (nSPS) is 12.0. The van der Waals surface area contributed by atoms with Crippen molar-refractivity contribution in [2.24, 2.45) is 5.73 Å². The average molecular weight is 603 g/mol. The Morgan fingerprint density at radius 3 is 2.44 bits per heavy atom. The number of nitriles is 1. The first kappa shape index (κ1) is 31.1. The number of sulfone groups is 1. The Morgan fingerprint density at radius 2 is 1.84 bits per heavy atom. The van der Waals surface area contributed by atoms with E-state index in [2.05, 4.69) is 11.1 Å². The summed E-state index contributed by atoms with van der Waals surface area (Å²) in [4.78, 5) is 28.2. The van der Waals surface area contributed by atoms with Gasteiger partial charge in [0.25, 0.3) is 5.56 Å². The highest BCUT2D eigenvalue weighted by Crippen LogP contribution is 2.31. The Labute approximate surface area is 249 Å². The molecule has 0 aliphatic heterocycles. The molecule has 0 bridgehead atoms. The minimum absolute atomic E-state index is 0.122. The second-order valence-corrected chi connectivity index (χ2v) is 12.0. The summed E-state index contributed by atoms with van der Waals surface area (Å²) in [7, 11) is -4.57. The maximum absolute atomic E-state index is 14.8. The molecule has 1 aromatic heterocycles. The van der Waals surface area contributed by atoms with Gasteiger partial charge in [-0.3, -0.25) is 14.2 Å². The summed E-state index contributed by atoms with van der Waals surface area (Å²) in [6, 6.07) is 17.6. The van der Waals surface area contributed by atoms with E-state index in [0.717, 1.165) is 6.42 Å². The van der Waals surface area contributed by atoms with Crippen molar-refractivity contribution < 1.29 is 22.7 Å². The summed E-state index contributed by atoms with van der Waals surface area (Å²) in [5.74, 6) is -1.87. The van der Waals surface area contributed by atoms with Crippen molar-refractivity contribution in [2.45, 2.75) is 61.8 Å². The van der Waals surface area contributed by atoms with Crippen molar-refractivity contribution in [3.63, 3.8) is 0 Å². The number of hydrogen-bond donors (Lipinski definition) is 2. The number of halogens is 1. The maximum Gasteiger partial charge on any atom is 0.277 e. The Hall–Kier alpha value is -4.82. The van der Waals surface area contributed by atoms with Crippen LogP contribution in [0, 0.1) is 17.1 Å². The van der Waals surface area contributed by atoms with E-state index < -0.39 is 43.9 Å². The molecule has 9 nitrogen and oxygen atoms in total. The van der Waals surface area contributed by atoms with Gasteiger partial charge in [-0.25, -0.2) is 12.8 Å². The molecule has 3 aromatic carbocycles. The van der Waals surface area contributed by atoms with E-state index >= 15 is 0 Å². The van der Waals surface area contributed by atoms with Crippen molar-refractivity contribution in [1.29, 1.82) is 5.26 Å². The van der Waals surface area contributed by atoms with E-state index in [-0.39, 0.29) is 22.7 Å². The fourth-order valence-corrected chi connectivity index (χ4v) is 6.38. The fraction of sp³-hybridized carbons (Fsp3) is 0.250. The van der Waals surface area contributed by atoms with Crippen LogP contribution in [-0.4, -0.2) is 29.0 Å². The number of aromatic hydroxyl groups is 1. The number of aromatic nitrogens is 2. The standard InChI is InChI=1S/C32H31FN4O5S/c1-3-5-9-29-36-31(39)30(32(40)37(29)27(4-2)23-8-6-7-21(16-23)19-34)43(41,42)24-13-11-22(12-14-24)25-15-10-20(17-26(25)33)18-28(35)38/h6-8,10-17,27,39H,3-5,9,18H2,1-2H3,(H2,35,38)/t27-/m0/s1. The number of rotatable bonds is 11. The molecule has 0 saturated heterocycles. The SMILES string of the molecule is CCCCc1nc(O)c(S(=O)(=O)c2ccc(-c3ccc(CC(N)=O)cc3F)cc2)c(=O)n1[C@@H](CC)c1cccc(C#N)c1. The predicted octanol–water partition coefficient (Wildman–Crippen LogP) is 4.83. The van der Waals surface area contributed by atoms with Gasteiger partial charge in [0, 0.05) is 12.0 Å². The molecule has 4 rings (SSSR count). The summed E-state index contributed by atoms with van der Waals surface area (Å²) >= 11 is 0. The molecule has 0 saturated carbocycles. The first-order valence-corrected chi connectivity index (χ1v) is 15.3. The van der Waals surface area contributed by atoms with E-state index in [4.69, 9.17) is 5.73 Å². The zero-order valence-electron chi connectivity index (χ0n) is 23.7. The van der Waals surface area contributed by atoms with Gasteiger partial charge >= 0.3 is 0 Å². The molecule has 0 radical (unpaired) electrons. The van der Waals surface area contributed by atoms with Gasteiger partial charge in [0.1, 0.15) is 11.6 Å². The summed E-state index contributed by atoms with van der Waals surface area (Å²) in [6.45, 7) is 3.79. The number of nitrogens with zero attached hydrogens (tertiary/aromatic N) is 3. The van der Waals surface area contributed by atoms with Crippen LogP contribution in [0.25, 0.3) is 11.1 Å². The van der Waals surface area contributed by atoms with Gasteiger partial charge in [0.05, 0.1) is 29.0 Å². The van der Waals surface area contributed by atoms with E-state index in [9.17, 15) is 32.8 Å². The molecule has 0 aliphatic rings. The quantitative estimate of drug-likeness (QED) is 0.249. The van der Waals surface area contributed by atoms with E-state index in [1.165, 1.54) is 41.0 Å². The molecule has 4 aromatic rings. The van der Waals surface area contributed by atoms with Crippen LogP contribution in [-0.2, 0) is 27.5 Å². The van der Waals surface area contributed by atoms with Gasteiger partial charge in [-0.1, -0.05) is 56.7 Å². The number of aryl methyl sites for hydroxylation is 1. The van der Waals surface area contributed by atoms with Gasteiger partial charge in [-0.15, -0.1) is 0 Å². The third-order valence-corrected chi connectivity index (χ3v) is 8.93. The van der Waals surface area contributed by atoms with Gasteiger partial charge < -0.3 is 10.8 Å². The fourth-order valence-electron chi connectivity index (χ4n) is 5.04. The zero-order valence-corrected chi connectivity index (χ0v) is 24.6. The molecule has 1 amide bonds. The second kappa shape index (κ2) is 13.0. The summed E-state index contributed by atoms with van der Waals surface area (Å²) in [5.41, 5.74) is 6.21. The minimum Gasteiger partial charge on any atom is -0.492 e. The lowest BCUT2D eigenvalue weighted by atomic mass is 10.0. The summed E-state index contributed by atoms with van der Waals surface area (Å²) in [6.07, 6.45) is 2.01. The smallest absolute Gasteiger partial charge is 0.277 e. The highest BCUT2D eigenvalue weighted by Gasteiger charge is 2.31. The van der Waals surface area contributed by atoms with E-state index in [1.54, 1.807) is 30.3 Å². The molecule has 1 heterocycles. The van der Waals surface area contributed by atoms with Crippen LogP contribution in [0.1, 0.15) is 61.7 Å². The number of carbonyl (C=O) groups excluding carboxylic acids is 1. The van der Waals surface area contributed by atoms with Gasteiger partial charge in [-0.05, 0) is 59.9 Å². The number of unbranched alkanes of at least 4 members (excludes halogenated alkanes) is 1. The Kier molecular flexibility index (Phi) is 9.41. The molecular formula is C32H31FN4O5S.